The minimum absolute atomic E-state index is 0.0527. The van der Waals surface area contributed by atoms with E-state index in [2.05, 4.69) is 9.97 Å². The number of hydrogen-bond donors (Lipinski definition) is 1. The minimum atomic E-state index is -1.04. The molecule has 2 rings (SSSR count). The van der Waals surface area contributed by atoms with Gasteiger partial charge in [0, 0.05) is 17.8 Å². The maximum atomic E-state index is 10.9. The second-order valence-electron chi connectivity index (χ2n) is 2.92. The first-order chi connectivity index (χ1) is 7.72. The average molecular weight is 236 g/mol. The number of hydrogen-bond acceptors (Lipinski definition) is 5. The van der Waals surface area contributed by atoms with Gasteiger partial charge in [-0.25, -0.2) is 14.8 Å². The summed E-state index contributed by atoms with van der Waals surface area (Å²) < 4.78 is 4.92. The number of ether oxygens (including phenoxy) is 1. The van der Waals surface area contributed by atoms with E-state index in [9.17, 15) is 4.79 Å². The van der Waals surface area contributed by atoms with Crippen molar-refractivity contribution in [2.24, 2.45) is 0 Å². The van der Waals surface area contributed by atoms with Crippen molar-refractivity contribution in [1.82, 2.24) is 9.97 Å². The summed E-state index contributed by atoms with van der Waals surface area (Å²) in [5.74, 6) is -0.544. The summed E-state index contributed by atoms with van der Waals surface area (Å²) in [6, 6.07) is 3.44. The number of thiazole rings is 1. The zero-order chi connectivity index (χ0) is 11.5. The molecule has 0 fully saturated rings. The highest BCUT2D eigenvalue weighted by Crippen LogP contribution is 2.27. The van der Waals surface area contributed by atoms with Crippen LogP contribution in [-0.4, -0.2) is 28.2 Å². The van der Waals surface area contributed by atoms with Gasteiger partial charge in [0.2, 0.25) is 5.88 Å². The maximum absolute atomic E-state index is 10.9. The molecule has 82 valence electrons. The van der Waals surface area contributed by atoms with E-state index in [1.807, 2.05) is 0 Å². The number of rotatable bonds is 3. The van der Waals surface area contributed by atoms with E-state index in [4.69, 9.17) is 9.84 Å². The van der Waals surface area contributed by atoms with Crippen LogP contribution in [0.2, 0.25) is 0 Å². The number of aromatic carboxylic acids is 1. The molecule has 2 aromatic rings. The Morgan fingerprint density at radius 2 is 2.25 bits per heavy atom. The smallest absolute Gasteiger partial charge is 0.356 e. The predicted octanol–water partition coefficient (Wildman–Crippen LogP) is 1.91. The fourth-order valence-electron chi connectivity index (χ4n) is 1.24. The van der Waals surface area contributed by atoms with Crippen molar-refractivity contribution < 1.29 is 14.6 Å². The number of carboxylic acid groups (broad SMARTS) is 1. The normalized spacial score (nSPS) is 10.1. The second-order valence-corrected chi connectivity index (χ2v) is 3.78. The van der Waals surface area contributed by atoms with Crippen LogP contribution in [0.4, 0.5) is 0 Å². The highest BCUT2D eigenvalue weighted by molar-refractivity contribution is 7.13. The Bertz CT molecular complexity index is 507. The summed E-state index contributed by atoms with van der Waals surface area (Å²) in [6.07, 6.45) is 1.57. The Kier molecular flexibility index (Phi) is 2.82. The summed E-state index contributed by atoms with van der Waals surface area (Å²) in [5.41, 5.74) is 2.28. The zero-order valence-corrected chi connectivity index (χ0v) is 9.19. The molecule has 0 aliphatic carbocycles. The quantitative estimate of drug-likeness (QED) is 0.881. The lowest BCUT2D eigenvalue weighted by atomic mass is 10.2. The van der Waals surface area contributed by atoms with Crippen LogP contribution in [0.15, 0.2) is 23.8 Å². The number of aromatic nitrogens is 2. The standard InChI is InChI=1S/C10H8N2O3S/c1-15-7-3-2-6(4-11-7)9-8(10(13)14)12-5-16-9/h2-5H,1H3,(H,13,14). The molecule has 0 amide bonds. The topological polar surface area (TPSA) is 72.3 Å². The van der Waals surface area contributed by atoms with Gasteiger partial charge in [-0.1, -0.05) is 0 Å². The van der Waals surface area contributed by atoms with Gasteiger partial charge in [-0.15, -0.1) is 11.3 Å². The Morgan fingerprint density at radius 3 is 2.81 bits per heavy atom. The van der Waals surface area contributed by atoms with E-state index in [0.29, 0.717) is 10.8 Å². The van der Waals surface area contributed by atoms with Crippen molar-refractivity contribution >= 4 is 17.3 Å². The van der Waals surface area contributed by atoms with Gasteiger partial charge in [0.15, 0.2) is 5.69 Å². The van der Waals surface area contributed by atoms with Crippen LogP contribution in [0.3, 0.4) is 0 Å². The zero-order valence-electron chi connectivity index (χ0n) is 8.38. The molecule has 6 heteroatoms. The van der Waals surface area contributed by atoms with Crippen LogP contribution in [0, 0.1) is 0 Å². The molecule has 5 nitrogen and oxygen atoms in total. The summed E-state index contributed by atoms with van der Waals surface area (Å²) in [5, 5.41) is 8.92. The second kappa shape index (κ2) is 4.28. The molecular formula is C10H8N2O3S. The number of carbonyl (C=O) groups is 1. The van der Waals surface area contributed by atoms with Gasteiger partial charge in [0.05, 0.1) is 17.5 Å². The molecule has 0 bridgehead atoms. The SMILES string of the molecule is COc1ccc(-c2scnc2C(=O)O)cn1. The van der Waals surface area contributed by atoms with Gasteiger partial charge < -0.3 is 9.84 Å². The summed E-state index contributed by atoms with van der Waals surface area (Å²) in [7, 11) is 1.53. The molecule has 0 aliphatic heterocycles. The van der Waals surface area contributed by atoms with Gasteiger partial charge in [-0.3, -0.25) is 0 Å². The Balaban J connectivity index is 2.42. The van der Waals surface area contributed by atoms with Crippen molar-refractivity contribution in [3.05, 3.63) is 29.5 Å². The molecule has 0 saturated heterocycles. The third kappa shape index (κ3) is 1.87. The summed E-state index contributed by atoms with van der Waals surface area (Å²) >= 11 is 1.27. The van der Waals surface area contributed by atoms with Gasteiger partial charge in [0.1, 0.15) is 0 Å². The molecule has 0 aromatic carbocycles. The fraction of sp³-hybridized carbons (Fsp3) is 0.100. The third-order valence-electron chi connectivity index (χ3n) is 1.98. The summed E-state index contributed by atoms with van der Waals surface area (Å²) in [6.45, 7) is 0. The van der Waals surface area contributed by atoms with Crippen LogP contribution in [0.5, 0.6) is 5.88 Å². The number of carboxylic acids is 1. The van der Waals surface area contributed by atoms with Crippen molar-refractivity contribution in [3.8, 4) is 16.3 Å². The number of nitrogens with zero attached hydrogens (tertiary/aromatic N) is 2. The van der Waals surface area contributed by atoms with Crippen molar-refractivity contribution in [3.63, 3.8) is 0 Å². The monoisotopic (exact) mass is 236 g/mol. The Labute approximate surface area is 95.4 Å². The minimum Gasteiger partial charge on any atom is -0.481 e. The number of methoxy groups -OCH3 is 1. The first-order valence-electron chi connectivity index (χ1n) is 4.39. The molecule has 2 heterocycles. The van der Waals surface area contributed by atoms with Gasteiger partial charge >= 0.3 is 5.97 Å². The van der Waals surface area contributed by atoms with E-state index in [0.717, 1.165) is 5.56 Å². The lowest BCUT2D eigenvalue weighted by Crippen LogP contribution is -1.98. The molecule has 0 radical (unpaired) electrons. The van der Waals surface area contributed by atoms with Crippen LogP contribution >= 0.6 is 11.3 Å². The highest BCUT2D eigenvalue weighted by Gasteiger charge is 2.15. The van der Waals surface area contributed by atoms with Crippen molar-refractivity contribution in [2.75, 3.05) is 7.11 Å². The maximum Gasteiger partial charge on any atom is 0.356 e. The molecule has 0 unspecified atom stereocenters. The van der Waals surface area contributed by atoms with Crippen LogP contribution in [0.1, 0.15) is 10.5 Å². The predicted molar refractivity (Wildman–Crippen MR) is 58.9 cm³/mol. The Morgan fingerprint density at radius 1 is 1.44 bits per heavy atom. The molecular weight excluding hydrogens is 228 g/mol. The van der Waals surface area contributed by atoms with Crippen molar-refractivity contribution in [2.45, 2.75) is 0 Å². The lowest BCUT2D eigenvalue weighted by molar-refractivity contribution is 0.0692. The van der Waals surface area contributed by atoms with Crippen LogP contribution < -0.4 is 4.74 Å². The molecule has 1 N–H and O–H groups in total. The van der Waals surface area contributed by atoms with Crippen LogP contribution in [-0.2, 0) is 0 Å². The first kappa shape index (κ1) is 10.6. The van der Waals surface area contributed by atoms with E-state index < -0.39 is 5.97 Å². The van der Waals surface area contributed by atoms with E-state index in [1.165, 1.54) is 24.0 Å². The Hall–Kier alpha value is -1.95. The molecule has 0 aliphatic rings. The van der Waals surface area contributed by atoms with E-state index in [1.54, 1.807) is 18.3 Å². The molecule has 16 heavy (non-hydrogen) atoms. The van der Waals surface area contributed by atoms with Gasteiger partial charge in [0.25, 0.3) is 0 Å². The molecule has 0 atom stereocenters. The average Bonchev–Trinajstić information content (AvgIpc) is 2.78. The van der Waals surface area contributed by atoms with E-state index in [-0.39, 0.29) is 5.69 Å². The first-order valence-corrected chi connectivity index (χ1v) is 5.27. The van der Waals surface area contributed by atoms with Crippen LogP contribution in [0.25, 0.3) is 10.4 Å². The van der Waals surface area contributed by atoms with E-state index >= 15 is 0 Å². The van der Waals surface area contributed by atoms with Gasteiger partial charge in [-0.2, -0.15) is 0 Å². The molecule has 0 spiro atoms. The largest absolute Gasteiger partial charge is 0.481 e. The van der Waals surface area contributed by atoms with Gasteiger partial charge in [-0.05, 0) is 6.07 Å². The highest BCUT2D eigenvalue weighted by atomic mass is 32.1. The molecule has 0 saturated carbocycles. The fourth-order valence-corrected chi connectivity index (χ4v) is 2.01. The lowest BCUT2D eigenvalue weighted by Gasteiger charge is -2.00. The number of pyridine rings is 1. The third-order valence-corrected chi connectivity index (χ3v) is 2.85. The molecule has 2 aromatic heterocycles. The van der Waals surface area contributed by atoms with Crippen molar-refractivity contribution in [1.29, 1.82) is 0 Å². The summed E-state index contributed by atoms with van der Waals surface area (Å²) in [4.78, 5) is 19.3.